The highest BCUT2D eigenvalue weighted by Crippen LogP contribution is 2.38. The van der Waals surface area contributed by atoms with E-state index in [1.807, 2.05) is 12.1 Å². The molecule has 1 heterocycles. The van der Waals surface area contributed by atoms with Crippen LogP contribution in [-0.2, 0) is 20.9 Å². The molecule has 1 saturated heterocycles. The van der Waals surface area contributed by atoms with Gasteiger partial charge in [0.25, 0.3) is 0 Å². The number of ether oxygens (including phenoxy) is 1. The van der Waals surface area contributed by atoms with Crippen molar-refractivity contribution >= 4 is 35.1 Å². The first kappa shape index (κ1) is 17.3. The number of halogens is 2. The van der Waals surface area contributed by atoms with Crippen LogP contribution in [-0.4, -0.2) is 30.4 Å². The minimum Gasteiger partial charge on any atom is -0.469 e. The zero-order valence-corrected chi connectivity index (χ0v) is 14.9. The maximum absolute atomic E-state index is 13.0. The minimum atomic E-state index is -0.394. The molecule has 4 nitrogen and oxygen atoms in total. The van der Waals surface area contributed by atoms with Gasteiger partial charge < -0.3 is 9.64 Å². The molecule has 1 aromatic rings. The Morgan fingerprint density at radius 3 is 2.83 bits per heavy atom. The van der Waals surface area contributed by atoms with Crippen molar-refractivity contribution in [3.05, 3.63) is 46.0 Å². The Kier molecular flexibility index (Phi) is 5.16. The van der Waals surface area contributed by atoms with Gasteiger partial charge in [-0.3, -0.25) is 9.59 Å². The Hall–Kier alpha value is -1.52. The molecule has 1 amide bonds. The van der Waals surface area contributed by atoms with Gasteiger partial charge in [-0.15, -0.1) is 0 Å². The van der Waals surface area contributed by atoms with Crippen molar-refractivity contribution in [2.75, 3.05) is 13.7 Å². The van der Waals surface area contributed by atoms with Crippen molar-refractivity contribution < 1.29 is 14.3 Å². The van der Waals surface area contributed by atoms with Crippen molar-refractivity contribution in [3.63, 3.8) is 0 Å². The van der Waals surface area contributed by atoms with Gasteiger partial charge >= 0.3 is 5.97 Å². The first-order valence-corrected chi connectivity index (χ1v) is 8.74. The molecule has 1 unspecified atom stereocenters. The van der Waals surface area contributed by atoms with Crippen LogP contribution >= 0.6 is 23.2 Å². The smallest absolute Gasteiger partial charge is 0.309 e. The van der Waals surface area contributed by atoms with E-state index in [1.54, 1.807) is 17.0 Å². The van der Waals surface area contributed by atoms with Gasteiger partial charge in [-0.2, -0.15) is 0 Å². The van der Waals surface area contributed by atoms with E-state index in [4.69, 9.17) is 27.9 Å². The fraction of sp³-hybridized carbons (Fsp3) is 0.444. The Morgan fingerprint density at radius 2 is 2.12 bits per heavy atom. The number of amides is 1. The second kappa shape index (κ2) is 7.16. The highest BCUT2D eigenvalue weighted by Gasteiger charge is 2.44. The number of fused-ring (bicyclic) bond motifs is 1. The van der Waals surface area contributed by atoms with Gasteiger partial charge in [0.15, 0.2) is 0 Å². The summed E-state index contributed by atoms with van der Waals surface area (Å²) >= 11 is 12.0. The number of nitrogens with zero attached hydrogens (tertiary/aromatic N) is 1. The van der Waals surface area contributed by atoms with Crippen LogP contribution in [0.1, 0.15) is 18.4 Å². The fourth-order valence-corrected chi connectivity index (χ4v) is 3.95. The molecule has 0 saturated carbocycles. The summed E-state index contributed by atoms with van der Waals surface area (Å²) in [5, 5.41) is 0.971. The summed E-state index contributed by atoms with van der Waals surface area (Å²) in [6.07, 6.45) is 5.46. The first-order chi connectivity index (χ1) is 11.5. The number of piperidine rings is 1. The monoisotopic (exact) mass is 367 g/mol. The Morgan fingerprint density at radius 1 is 1.33 bits per heavy atom. The molecule has 2 aliphatic rings. The van der Waals surface area contributed by atoms with Crippen LogP contribution in [0, 0.1) is 17.8 Å². The quantitative estimate of drug-likeness (QED) is 0.604. The molecule has 6 heteroatoms. The zero-order valence-electron chi connectivity index (χ0n) is 13.4. The molecular formula is C18H19Cl2NO3. The van der Waals surface area contributed by atoms with E-state index in [-0.39, 0.29) is 23.7 Å². The average Bonchev–Trinajstić information content (AvgIpc) is 2.59. The van der Waals surface area contributed by atoms with E-state index >= 15 is 0 Å². The van der Waals surface area contributed by atoms with Crippen molar-refractivity contribution in [2.24, 2.45) is 17.8 Å². The van der Waals surface area contributed by atoms with Crippen LogP contribution in [0.25, 0.3) is 0 Å². The number of hydrogen-bond acceptors (Lipinski definition) is 3. The van der Waals surface area contributed by atoms with Crippen LogP contribution in [0.4, 0.5) is 0 Å². The predicted molar refractivity (Wildman–Crippen MR) is 92.7 cm³/mol. The second-order valence-electron chi connectivity index (χ2n) is 6.28. The van der Waals surface area contributed by atoms with Gasteiger partial charge in [-0.1, -0.05) is 41.4 Å². The molecule has 1 aliphatic carbocycles. The maximum atomic E-state index is 13.0. The highest BCUT2D eigenvalue weighted by molar-refractivity contribution is 6.42. The number of carbonyl (C=O) groups is 2. The molecule has 3 atom stereocenters. The van der Waals surface area contributed by atoms with Gasteiger partial charge in [-0.05, 0) is 36.5 Å². The largest absolute Gasteiger partial charge is 0.469 e. The SMILES string of the molecule is COC(=O)[C@H]1CC=CC2CCN(Cc3ccc(Cl)c(Cl)c3)C(=O)[C@@H]21. The molecule has 0 N–H and O–H groups in total. The van der Waals surface area contributed by atoms with Crippen molar-refractivity contribution in [1.82, 2.24) is 4.90 Å². The third kappa shape index (κ3) is 3.31. The number of rotatable bonds is 3. The fourth-order valence-electron chi connectivity index (χ4n) is 3.63. The van der Waals surface area contributed by atoms with Crippen LogP contribution in [0.15, 0.2) is 30.4 Å². The molecule has 1 fully saturated rings. The molecule has 24 heavy (non-hydrogen) atoms. The molecular weight excluding hydrogens is 349 g/mol. The van der Waals surface area contributed by atoms with Gasteiger partial charge in [0.05, 0.1) is 29.0 Å². The van der Waals surface area contributed by atoms with E-state index in [2.05, 4.69) is 6.08 Å². The molecule has 1 aliphatic heterocycles. The summed E-state index contributed by atoms with van der Waals surface area (Å²) in [7, 11) is 1.37. The number of methoxy groups -OCH3 is 1. The number of esters is 1. The van der Waals surface area contributed by atoms with Crippen LogP contribution < -0.4 is 0 Å². The zero-order chi connectivity index (χ0) is 17.3. The standard InChI is InChI=1S/C18H19Cl2NO3/c1-24-18(23)13-4-2-3-12-7-8-21(17(22)16(12)13)10-11-5-6-14(19)15(20)9-11/h2-3,5-6,9,12-13,16H,4,7-8,10H2,1H3/t12?,13-,16-/m0/s1. The minimum absolute atomic E-state index is 0.0112. The molecule has 0 radical (unpaired) electrons. The van der Waals surface area contributed by atoms with E-state index in [1.165, 1.54) is 7.11 Å². The second-order valence-corrected chi connectivity index (χ2v) is 7.09. The lowest BCUT2D eigenvalue weighted by Gasteiger charge is -2.41. The van der Waals surface area contributed by atoms with Gasteiger partial charge in [0, 0.05) is 13.1 Å². The average molecular weight is 368 g/mol. The Labute approximate surface area is 151 Å². The summed E-state index contributed by atoms with van der Waals surface area (Å²) in [4.78, 5) is 26.8. The number of likely N-dealkylation sites (tertiary alicyclic amines) is 1. The number of hydrogen-bond donors (Lipinski definition) is 0. The Balaban J connectivity index is 1.79. The molecule has 0 aromatic heterocycles. The van der Waals surface area contributed by atoms with Gasteiger partial charge in [0.2, 0.25) is 5.91 Å². The highest BCUT2D eigenvalue weighted by atomic mass is 35.5. The van der Waals surface area contributed by atoms with Crippen molar-refractivity contribution in [3.8, 4) is 0 Å². The normalized spacial score (nSPS) is 26.2. The van der Waals surface area contributed by atoms with Gasteiger partial charge in [0.1, 0.15) is 0 Å². The molecule has 0 spiro atoms. The number of carbonyl (C=O) groups excluding carboxylic acids is 2. The topological polar surface area (TPSA) is 46.6 Å². The van der Waals surface area contributed by atoms with Crippen LogP contribution in [0.3, 0.4) is 0 Å². The van der Waals surface area contributed by atoms with Crippen LogP contribution in [0.2, 0.25) is 10.0 Å². The Bertz CT molecular complexity index is 689. The molecule has 0 bridgehead atoms. The molecule has 3 rings (SSSR count). The summed E-state index contributed by atoms with van der Waals surface area (Å²) in [6, 6.07) is 5.38. The summed E-state index contributed by atoms with van der Waals surface area (Å²) in [5.41, 5.74) is 0.928. The number of benzene rings is 1. The lowest BCUT2D eigenvalue weighted by molar-refractivity contribution is -0.157. The summed E-state index contributed by atoms with van der Waals surface area (Å²) in [5.74, 6) is -0.912. The van der Waals surface area contributed by atoms with E-state index in [9.17, 15) is 9.59 Å². The summed E-state index contributed by atoms with van der Waals surface area (Å²) in [6.45, 7) is 1.13. The van der Waals surface area contributed by atoms with Gasteiger partial charge in [-0.25, -0.2) is 0 Å². The molecule has 1 aromatic carbocycles. The third-order valence-corrected chi connectivity index (χ3v) is 5.60. The third-order valence-electron chi connectivity index (χ3n) is 4.86. The van der Waals surface area contributed by atoms with E-state index < -0.39 is 5.92 Å². The molecule has 128 valence electrons. The van der Waals surface area contributed by atoms with E-state index in [0.29, 0.717) is 29.6 Å². The summed E-state index contributed by atoms with van der Waals surface area (Å²) < 4.78 is 4.89. The van der Waals surface area contributed by atoms with Crippen molar-refractivity contribution in [1.29, 1.82) is 0 Å². The maximum Gasteiger partial charge on any atom is 0.309 e. The van der Waals surface area contributed by atoms with Crippen LogP contribution in [0.5, 0.6) is 0 Å². The predicted octanol–water partition coefficient (Wildman–Crippen LogP) is 3.71. The van der Waals surface area contributed by atoms with Crippen molar-refractivity contribution in [2.45, 2.75) is 19.4 Å². The van der Waals surface area contributed by atoms with E-state index in [0.717, 1.165) is 12.0 Å². The lowest BCUT2D eigenvalue weighted by atomic mass is 9.71. The number of allylic oxidation sites excluding steroid dienone is 2. The first-order valence-electron chi connectivity index (χ1n) is 7.98. The lowest BCUT2D eigenvalue weighted by Crippen LogP contribution is -2.50.